The first-order valence-corrected chi connectivity index (χ1v) is 9.12. The normalized spacial score (nSPS) is 10.9. The van der Waals surface area contributed by atoms with Crippen LogP contribution in [-0.2, 0) is 0 Å². The highest BCUT2D eigenvalue weighted by molar-refractivity contribution is 5.57. The maximum absolute atomic E-state index is 8.83. The van der Waals surface area contributed by atoms with Crippen molar-refractivity contribution in [2.45, 2.75) is 66.2 Å². The Hall–Kier alpha value is -1.26. The second-order valence-electron chi connectivity index (χ2n) is 6.42. The third-order valence-electron chi connectivity index (χ3n) is 4.59. The van der Waals surface area contributed by atoms with Crippen LogP contribution in [0.15, 0.2) is 0 Å². The van der Waals surface area contributed by atoms with E-state index in [1.807, 2.05) is 0 Å². The zero-order chi connectivity index (χ0) is 17.9. The van der Waals surface area contributed by atoms with Crippen LogP contribution in [0.4, 0.5) is 0 Å². The fraction of sp³-hybridized carbons (Fsp3) is 0.700. The lowest BCUT2D eigenvalue weighted by Crippen LogP contribution is -2.07. The number of aliphatic hydroxyl groups is 2. The molecule has 0 radical (unpaired) electrons. The molecule has 0 fully saturated rings. The fourth-order valence-corrected chi connectivity index (χ4v) is 2.81. The summed E-state index contributed by atoms with van der Waals surface area (Å²) in [6.07, 6.45) is 5.56. The van der Waals surface area contributed by atoms with Crippen molar-refractivity contribution in [3.63, 3.8) is 0 Å². The number of unbranched alkanes of at least 4 members (excludes halogenated alkanes) is 4. The third kappa shape index (κ3) is 5.99. The summed E-state index contributed by atoms with van der Waals surface area (Å²) in [5, 5.41) is 17.7. The molecule has 24 heavy (non-hydrogen) atoms. The van der Waals surface area contributed by atoms with Gasteiger partial charge >= 0.3 is 0 Å². The van der Waals surface area contributed by atoms with Crippen LogP contribution in [0, 0.1) is 27.7 Å². The summed E-state index contributed by atoms with van der Waals surface area (Å²) < 4.78 is 12.0. The Labute approximate surface area is 146 Å². The van der Waals surface area contributed by atoms with E-state index >= 15 is 0 Å². The predicted octanol–water partition coefficient (Wildman–Crippen LogP) is 4.00. The minimum Gasteiger partial charge on any atom is -0.493 e. The smallest absolute Gasteiger partial charge is 0.125 e. The van der Waals surface area contributed by atoms with Gasteiger partial charge in [0.15, 0.2) is 0 Å². The van der Waals surface area contributed by atoms with Crippen molar-refractivity contribution in [3.05, 3.63) is 22.3 Å². The van der Waals surface area contributed by atoms with Gasteiger partial charge in [0.25, 0.3) is 0 Å². The summed E-state index contributed by atoms with van der Waals surface area (Å²) in [5.41, 5.74) is 4.58. The van der Waals surface area contributed by atoms with E-state index in [4.69, 9.17) is 19.7 Å². The van der Waals surface area contributed by atoms with Gasteiger partial charge in [-0.2, -0.15) is 0 Å². The number of rotatable bonds is 12. The molecular weight excluding hydrogens is 304 g/mol. The molecule has 2 N–H and O–H groups in total. The molecule has 1 aromatic carbocycles. The Morgan fingerprint density at radius 1 is 0.542 bits per heavy atom. The molecule has 4 heteroatoms. The van der Waals surface area contributed by atoms with E-state index in [2.05, 4.69) is 27.7 Å². The van der Waals surface area contributed by atoms with E-state index < -0.39 is 0 Å². The zero-order valence-corrected chi connectivity index (χ0v) is 15.8. The first kappa shape index (κ1) is 20.8. The van der Waals surface area contributed by atoms with E-state index in [0.29, 0.717) is 13.2 Å². The summed E-state index contributed by atoms with van der Waals surface area (Å²) >= 11 is 0. The molecule has 0 aliphatic heterocycles. The highest BCUT2D eigenvalue weighted by atomic mass is 16.5. The van der Waals surface area contributed by atoms with Crippen molar-refractivity contribution in [1.82, 2.24) is 0 Å². The van der Waals surface area contributed by atoms with Crippen molar-refractivity contribution < 1.29 is 19.7 Å². The van der Waals surface area contributed by atoms with Crippen molar-refractivity contribution in [2.75, 3.05) is 26.4 Å². The molecule has 1 rings (SSSR count). The SMILES string of the molecule is Cc1c(C)c(OCCCCCO)c(C)c(C)c1OCCCCCO. The Balaban J connectivity index is 2.72. The molecule has 0 aliphatic carbocycles. The fourth-order valence-electron chi connectivity index (χ4n) is 2.81. The van der Waals surface area contributed by atoms with E-state index in [9.17, 15) is 0 Å². The number of benzene rings is 1. The number of aliphatic hydroxyl groups excluding tert-OH is 2. The zero-order valence-electron chi connectivity index (χ0n) is 15.8. The molecule has 0 aromatic heterocycles. The highest BCUT2D eigenvalue weighted by Gasteiger charge is 2.16. The van der Waals surface area contributed by atoms with Gasteiger partial charge in [-0.25, -0.2) is 0 Å². The lowest BCUT2D eigenvalue weighted by molar-refractivity contribution is 0.261. The molecule has 0 amide bonds. The first-order chi connectivity index (χ1) is 11.5. The van der Waals surface area contributed by atoms with Crippen LogP contribution in [0.3, 0.4) is 0 Å². The minimum absolute atomic E-state index is 0.251. The maximum Gasteiger partial charge on any atom is 0.125 e. The number of hydrogen-bond acceptors (Lipinski definition) is 4. The molecule has 0 unspecified atom stereocenters. The quantitative estimate of drug-likeness (QED) is 0.566. The van der Waals surface area contributed by atoms with Gasteiger partial charge in [0.05, 0.1) is 13.2 Å². The second kappa shape index (κ2) is 11.3. The van der Waals surface area contributed by atoms with E-state index in [-0.39, 0.29) is 13.2 Å². The molecule has 4 nitrogen and oxygen atoms in total. The maximum atomic E-state index is 8.83. The molecule has 138 valence electrons. The first-order valence-electron chi connectivity index (χ1n) is 9.12. The lowest BCUT2D eigenvalue weighted by atomic mass is 9.98. The van der Waals surface area contributed by atoms with Gasteiger partial charge in [0, 0.05) is 13.2 Å². The van der Waals surface area contributed by atoms with Gasteiger partial charge in [0.2, 0.25) is 0 Å². The molecule has 0 heterocycles. The predicted molar refractivity (Wildman–Crippen MR) is 98.3 cm³/mol. The van der Waals surface area contributed by atoms with Gasteiger partial charge in [-0.15, -0.1) is 0 Å². The average molecular weight is 338 g/mol. The van der Waals surface area contributed by atoms with E-state index in [1.54, 1.807) is 0 Å². The van der Waals surface area contributed by atoms with E-state index in [0.717, 1.165) is 72.3 Å². The minimum atomic E-state index is 0.251. The van der Waals surface area contributed by atoms with E-state index in [1.165, 1.54) is 0 Å². The van der Waals surface area contributed by atoms with Gasteiger partial charge in [-0.1, -0.05) is 0 Å². The van der Waals surface area contributed by atoms with Gasteiger partial charge in [-0.05, 0) is 88.5 Å². The van der Waals surface area contributed by atoms with Crippen LogP contribution in [-0.4, -0.2) is 36.6 Å². The van der Waals surface area contributed by atoms with Gasteiger partial charge in [0.1, 0.15) is 11.5 Å². The molecule has 0 saturated heterocycles. The molecule has 0 saturated carbocycles. The Kier molecular flexibility index (Phi) is 9.80. The number of ether oxygens (including phenoxy) is 2. The molecular formula is C20H34O4. The Morgan fingerprint density at radius 3 is 1.17 bits per heavy atom. The molecule has 1 aromatic rings. The van der Waals surface area contributed by atoms with Crippen LogP contribution in [0.1, 0.15) is 60.8 Å². The van der Waals surface area contributed by atoms with Crippen LogP contribution in [0.25, 0.3) is 0 Å². The Bertz CT molecular complexity index is 423. The van der Waals surface area contributed by atoms with Crippen molar-refractivity contribution >= 4 is 0 Å². The summed E-state index contributed by atoms with van der Waals surface area (Å²) in [7, 11) is 0. The molecule has 0 atom stereocenters. The highest BCUT2D eigenvalue weighted by Crippen LogP contribution is 2.37. The van der Waals surface area contributed by atoms with Crippen molar-refractivity contribution in [2.24, 2.45) is 0 Å². The van der Waals surface area contributed by atoms with Crippen molar-refractivity contribution in [3.8, 4) is 11.5 Å². The van der Waals surface area contributed by atoms with Crippen LogP contribution < -0.4 is 9.47 Å². The monoisotopic (exact) mass is 338 g/mol. The average Bonchev–Trinajstić information content (AvgIpc) is 2.58. The summed E-state index contributed by atoms with van der Waals surface area (Å²) in [4.78, 5) is 0. The molecule has 0 spiro atoms. The van der Waals surface area contributed by atoms with Crippen LogP contribution in [0.5, 0.6) is 11.5 Å². The standard InChI is InChI=1S/C20H34O4/c1-15-16(2)20(24-14-10-6-8-12-22)18(4)17(3)19(15)23-13-9-5-7-11-21/h21-22H,5-14H2,1-4H3. The van der Waals surface area contributed by atoms with Crippen molar-refractivity contribution in [1.29, 1.82) is 0 Å². The summed E-state index contributed by atoms with van der Waals surface area (Å²) in [6, 6.07) is 0. The topological polar surface area (TPSA) is 58.9 Å². The van der Waals surface area contributed by atoms with Gasteiger partial charge in [-0.3, -0.25) is 0 Å². The third-order valence-corrected chi connectivity index (χ3v) is 4.59. The van der Waals surface area contributed by atoms with Gasteiger partial charge < -0.3 is 19.7 Å². The molecule has 0 bridgehead atoms. The second-order valence-corrected chi connectivity index (χ2v) is 6.42. The number of hydrogen-bond donors (Lipinski definition) is 2. The largest absolute Gasteiger partial charge is 0.493 e. The Morgan fingerprint density at radius 2 is 0.875 bits per heavy atom. The lowest BCUT2D eigenvalue weighted by Gasteiger charge is -2.21. The van der Waals surface area contributed by atoms with Crippen LogP contribution in [0.2, 0.25) is 0 Å². The summed E-state index contributed by atoms with van der Waals surface area (Å²) in [5.74, 6) is 1.95. The molecule has 0 aliphatic rings. The summed E-state index contributed by atoms with van der Waals surface area (Å²) in [6.45, 7) is 10.2. The van der Waals surface area contributed by atoms with Crippen LogP contribution >= 0.6 is 0 Å².